The van der Waals surface area contributed by atoms with Crippen molar-refractivity contribution in [1.29, 1.82) is 0 Å². The molecule has 11 heteroatoms. The van der Waals surface area contributed by atoms with Crippen LogP contribution >= 0.6 is 46.0 Å². The van der Waals surface area contributed by atoms with Crippen molar-refractivity contribution in [3.63, 3.8) is 0 Å². The number of imide groups is 1. The molecule has 0 unspecified atom stereocenters. The van der Waals surface area contributed by atoms with Gasteiger partial charge in [0.15, 0.2) is 4.34 Å². The normalized spacial score (nSPS) is 10.6. The predicted molar refractivity (Wildman–Crippen MR) is 120 cm³/mol. The number of nitrogens with zero attached hydrogens (tertiary/aromatic N) is 2. The summed E-state index contributed by atoms with van der Waals surface area (Å²) in [7, 11) is 0. The first-order valence-electron chi connectivity index (χ1n) is 8.60. The molecule has 152 valence electrons. The minimum absolute atomic E-state index is 0.0726. The summed E-state index contributed by atoms with van der Waals surface area (Å²) in [4.78, 5) is 24.9. The van der Waals surface area contributed by atoms with Gasteiger partial charge < -0.3 is 10.6 Å². The molecule has 7 nitrogen and oxygen atoms in total. The molecular weight excluding hydrogens is 450 g/mol. The molecule has 0 saturated carbocycles. The summed E-state index contributed by atoms with van der Waals surface area (Å²) in [5.74, 6) is -0.317. The highest BCUT2D eigenvalue weighted by atomic mass is 35.5. The van der Waals surface area contributed by atoms with Gasteiger partial charge in [0.05, 0.1) is 5.75 Å². The third-order valence-electron chi connectivity index (χ3n) is 3.73. The van der Waals surface area contributed by atoms with E-state index in [0.717, 1.165) is 17.7 Å². The molecule has 3 rings (SSSR count). The zero-order valence-corrected chi connectivity index (χ0v) is 18.6. The number of urea groups is 1. The van der Waals surface area contributed by atoms with Gasteiger partial charge in [0, 0.05) is 22.1 Å². The van der Waals surface area contributed by atoms with Crippen LogP contribution in [-0.4, -0.2) is 34.4 Å². The van der Waals surface area contributed by atoms with Crippen molar-refractivity contribution in [2.45, 2.75) is 17.7 Å². The lowest BCUT2D eigenvalue weighted by molar-refractivity contribution is -0.117. The van der Waals surface area contributed by atoms with Crippen molar-refractivity contribution in [3.8, 4) is 0 Å². The van der Waals surface area contributed by atoms with Gasteiger partial charge in [-0.1, -0.05) is 46.8 Å². The van der Waals surface area contributed by atoms with Gasteiger partial charge in [0.2, 0.25) is 11.0 Å². The van der Waals surface area contributed by atoms with Crippen molar-refractivity contribution < 1.29 is 9.59 Å². The molecule has 2 aromatic heterocycles. The molecule has 3 aromatic rings. The third-order valence-corrected chi connectivity index (χ3v) is 7.05. The molecule has 0 bridgehead atoms. The molecule has 0 aliphatic heterocycles. The molecule has 2 heterocycles. The third kappa shape index (κ3) is 6.70. The Hall–Kier alpha value is -2.14. The molecule has 3 N–H and O–H groups in total. The summed E-state index contributed by atoms with van der Waals surface area (Å²) >= 11 is 10.3. The number of thiophene rings is 1. The van der Waals surface area contributed by atoms with Crippen LogP contribution in [0.1, 0.15) is 10.4 Å². The Balaban J connectivity index is 1.40. The Bertz CT molecular complexity index is 978. The van der Waals surface area contributed by atoms with Gasteiger partial charge in [-0.15, -0.1) is 21.5 Å². The zero-order chi connectivity index (χ0) is 20.6. The number of hydrogen-bond donors (Lipinski definition) is 3. The molecule has 0 atom stereocenters. The van der Waals surface area contributed by atoms with Gasteiger partial charge in [-0.2, -0.15) is 0 Å². The first kappa shape index (κ1) is 21.6. The van der Waals surface area contributed by atoms with E-state index in [1.54, 1.807) is 11.3 Å². The molecule has 29 heavy (non-hydrogen) atoms. The van der Waals surface area contributed by atoms with Crippen LogP contribution in [0.2, 0.25) is 5.02 Å². The van der Waals surface area contributed by atoms with E-state index in [1.165, 1.54) is 28.0 Å². The summed E-state index contributed by atoms with van der Waals surface area (Å²) in [5.41, 5.74) is 1.77. The van der Waals surface area contributed by atoms with E-state index >= 15 is 0 Å². The average Bonchev–Trinajstić information content (AvgIpc) is 3.36. The molecular formula is C18H18ClN5O2S3. The predicted octanol–water partition coefficient (Wildman–Crippen LogP) is 4.47. The Morgan fingerprint density at radius 2 is 2.07 bits per heavy atom. The van der Waals surface area contributed by atoms with Gasteiger partial charge in [0.25, 0.3) is 0 Å². The SMILES string of the molecule is Cc1c(Cl)cccc1Nc1nnc(SCC(=O)NC(=O)NCCc2cccs2)s1. The number of benzene rings is 1. The number of rotatable bonds is 8. The second kappa shape index (κ2) is 10.6. The van der Waals surface area contributed by atoms with E-state index < -0.39 is 6.03 Å². The van der Waals surface area contributed by atoms with Gasteiger partial charge >= 0.3 is 6.03 Å². The minimum Gasteiger partial charge on any atom is -0.337 e. The number of anilines is 2. The van der Waals surface area contributed by atoms with E-state index in [9.17, 15) is 9.59 Å². The van der Waals surface area contributed by atoms with Crippen molar-refractivity contribution >= 4 is 68.8 Å². The average molecular weight is 468 g/mol. The van der Waals surface area contributed by atoms with Crippen molar-refractivity contribution in [3.05, 3.63) is 51.2 Å². The van der Waals surface area contributed by atoms with Crippen molar-refractivity contribution in [1.82, 2.24) is 20.8 Å². The number of carbonyl (C=O) groups excluding carboxylic acids is 2. The fraction of sp³-hybridized carbons (Fsp3) is 0.222. The molecule has 0 saturated heterocycles. The van der Waals surface area contributed by atoms with Crippen LogP contribution in [0.5, 0.6) is 0 Å². The second-order valence-electron chi connectivity index (χ2n) is 5.83. The van der Waals surface area contributed by atoms with Crippen molar-refractivity contribution in [2.75, 3.05) is 17.6 Å². The number of hydrogen-bond acceptors (Lipinski definition) is 8. The highest BCUT2D eigenvalue weighted by Crippen LogP contribution is 2.30. The van der Waals surface area contributed by atoms with Crippen LogP contribution in [0.4, 0.5) is 15.6 Å². The van der Waals surface area contributed by atoms with Gasteiger partial charge in [0.1, 0.15) is 0 Å². The molecule has 1 aromatic carbocycles. The smallest absolute Gasteiger partial charge is 0.321 e. The first-order valence-corrected chi connectivity index (χ1v) is 11.7. The Kier molecular flexibility index (Phi) is 7.87. The molecule has 3 amide bonds. The van der Waals surface area contributed by atoms with Crippen LogP contribution in [-0.2, 0) is 11.2 Å². The number of aromatic nitrogens is 2. The lowest BCUT2D eigenvalue weighted by atomic mass is 10.2. The zero-order valence-electron chi connectivity index (χ0n) is 15.4. The van der Waals surface area contributed by atoms with Crippen LogP contribution in [0.15, 0.2) is 40.1 Å². The van der Waals surface area contributed by atoms with Gasteiger partial charge in [-0.3, -0.25) is 10.1 Å². The van der Waals surface area contributed by atoms with Crippen LogP contribution in [0.3, 0.4) is 0 Å². The van der Waals surface area contributed by atoms with E-state index in [-0.39, 0.29) is 11.7 Å². The number of amides is 3. The standard InChI is InChI=1S/C18H18ClN5O2S3/c1-11-13(19)5-2-6-14(11)21-17-23-24-18(29-17)28-10-15(25)22-16(26)20-8-7-12-4-3-9-27-12/h2-6,9H,7-8,10H2,1H3,(H,21,23)(H2,20,22,25,26). The molecule has 0 spiro atoms. The highest BCUT2D eigenvalue weighted by Gasteiger charge is 2.12. The summed E-state index contributed by atoms with van der Waals surface area (Å²) in [6.07, 6.45) is 0.737. The maximum Gasteiger partial charge on any atom is 0.321 e. The maximum absolute atomic E-state index is 11.9. The molecule has 0 radical (unpaired) electrons. The fourth-order valence-electron chi connectivity index (χ4n) is 2.26. The number of halogens is 1. The number of carbonyl (C=O) groups is 2. The largest absolute Gasteiger partial charge is 0.337 e. The van der Waals surface area contributed by atoms with Crippen molar-refractivity contribution in [2.24, 2.45) is 0 Å². The lowest BCUT2D eigenvalue weighted by Crippen LogP contribution is -2.41. The first-order chi connectivity index (χ1) is 14.0. The summed E-state index contributed by atoms with van der Waals surface area (Å²) < 4.78 is 0.625. The Morgan fingerprint density at radius 1 is 1.21 bits per heavy atom. The minimum atomic E-state index is -0.497. The Labute approximate surface area is 185 Å². The number of nitrogens with one attached hydrogen (secondary N) is 3. The van der Waals surface area contributed by atoms with Crippen LogP contribution in [0, 0.1) is 6.92 Å². The van der Waals surface area contributed by atoms with Gasteiger partial charge in [-0.05, 0) is 42.5 Å². The lowest BCUT2D eigenvalue weighted by Gasteiger charge is -2.07. The Morgan fingerprint density at radius 3 is 2.86 bits per heavy atom. The fourth-order valence-corrected chi connectivity index (χ4v) is 4.71. The van der Waals surface area contributed by atoms with E-state index in [2.05, 4.69) is 26.1 Å². The van der Waals surface area contributed by atoms with E-state index in [0.29, 0.717) is 21.0 Å². The maximum atomic E-state index is 11.9. The summed E-state index contributed by atoms with van der Waals surface area (Å²) in [6.45, 7) is 2.39. The second-order valence-corrected chi connectivity index (χ2v) is 9.47. The quantitative estimate of drug-likeness (QED) is 0.423. The van der Waals surface area contributed by atoms with E-state index in [1.807, 2.05) is 42.6 Å². The molecule has 0 fully saturated rings. The monoisotopic (exact) mass is 467 g/mol. The highest BCUT2D eigenvalue weighted by molar-refractivity contribution is 8.01. The molecule has 0 aliphatic rings. The van der Waals surface area contributed by atoms with Crippen LogP contribution < -0.4 is 16.0 Å². The van der Waals surface area contributed by atoms with Crippen LogP contribution in [0.25, 0.3) is 0 Å². The summed E-state index contributed by atoms with van der Waals surface area (Å²) in [6, 6.07) is 9.05. The van der Waals surface area contributed by atoms with E-state index in [4.69, 9.17) is 11.6 Å². The topological polar surface area (TPSA) is 96.0 Å². The van der Waals surface area contributed by atoms with Gasteiger partial charge in [-0.25, -0.2) is 4.79 Å². The summed E-state index contributed by atoms with van der Waals surface area (Å²) in [5, 5.41) is 19.5. The number of thioether (sulfide) groups is 1. The molecule has 0 aliphatic carbocycles.